The molecule has 0 atom stereocenters. The molecule has 0 aromatic carbocycles. The Kier molecular flexibility index (Phi) is 5.20. The Morgan fingerprint density at radius 1 is 1.40 bits per heavy atom. The van der Waals surface area contributed by atoms with Crippen LogP contribution in [0.1, 0.15) is 28.2 Å². The van der Waals surface area contributed by atoms with Crippen LogP contribution in [-0.4, -0.2) is 49.9 Å². The predicted molar refractivity (Wildman–Crippen MR) is 78.2 cm³/mol. The molecule has 1 saturated heterocycles. The van der Waals surface area contributed by atoms with Gasteiger partial charge in [0.15, 0.2) is 0 Å². The Labute approximate surface area is 120 Å². The lowest BCUT2D eigenvalue weighted by Crippen LogP contribution is -3.14. The molecule has 0 saturated carbocycles. The van der Waals surface area contributed by atoms with Crippen LogP contribution in [0.25, 0.3) is 0 Å². The molecule has 5 heteroatoms. The zero-order chi connectivity index (χ0) is 14.5. The second-order valence-electron chi connectivity index (χ2n) is 5.57. The minimum Gasteiger partial charge on any atom is -0.370 e. The number of morpholine rings is 1. The average Bonchev–Trinajstić information content (AvgIpc) is 2.72. The molecule has 2 rings (SSSR count). The maximum Gasteiger partial charge on any atom is 0.253 e. The van der Waals surface area contributed by atoms with E-state index in [9.17, 15) is 4.79 Å². The average molecular weight is 280 g/mol. The number of quaternary nitrogens is 1. The van der Waals surface area contributed by atoms with Gasteiger partial charge in [0.05, 0.1) is 25.3 Å². The highest BCUT2D eigenvalue weighted by Gasteiger charge is 2.15. The van der Waals surface area contributed by atoms with E-state index >= 15 is 0 Å². The van der Waals surface area contributed by atoms with Crippen molar-refractivity contribution in [2.45, 2.75) is 20.3 Å². The molecule has 2 N–H and O–H groups in total. The van der Waals surface area contributed by atoms with Crippen LogP contribution in [0.2, 0.25) is 0 Å². The van der Waals surface area contributed by atoms with E-state index in [1.165, 1.54) is 0 Å². The van der Waals surface area contributed by atoms with Gasteiger partial charge in [0, 0.05) is 31.4 Å². The van der Waals surface area contributed by atoms with E-state index in [2.05, 4.69) is 5.32 Å². The van der Waals surface area contributed by atoms with E-state index in [1.54, 1.807) is 4.90 Å². The molecule has 0 radical (unpaired) electrons. The zero-order valence-electron chi connectivity index (χ0n) is 12.8. The van der Waals surface area contributed by atoms with Gasteiger partial charge in [-0.2, -0.15) is 0 Å². The minimum atomic E-state index is 0.0446. The predicted octanol–water partition coefficient (Wildman–Crippen LogP) is -0.323. The first-order valence-corrected chi connectivity index (χ1v) is 7.42. The van der Waals surface area contributed by atoms with Gasteiger partial charge in [-0.3, -0.25) is 4.79 Å². The summed E-state index contributed by atoms with van der Waals surface area (Å²) in [5.41, 5.74) is 2.94. The molecule has 1 fully saturated rings. The van der Waals surface area contributed by atoms with Gasteiger partial charge in [-0.1, -0.05) is 0 Å². The summed E-state index contributed by atoms with van der Waals surface area (Å²) >= 11 is 0. The van der Waals surface area contributed by atoms with E-state index in [0.29, 0.717) is 0 Å². The smallest absolute Gasteiger partial charge is 0.253 e. The standard InChI is InChI=1S/C15H25N3O2/c1-12-11-14(13(2)17(12)3)15(19)16-5-4-6-18-7-9-20-10-8-18/h11H,4-10H2,1-3H3,(H,16,19)/p+1. The molecule has 0 unspecified atom stereocenters. The topological polar surface area (TPSA) is 47.7 Å². The zero-order valence-corrected chi connectivity index (χ0v) is 12.8. The van der Waals surface area contributed by atoms with Crippen molar-refractivity contribution in [2.75, 3.05) is 39.4 Å². The van der Waals surface area contributed by atoms with Crippen molar-refractivity contribution in [3.63, 3.8) is 0 Å². The van der Waals surface area contributed by atoms with Crippen LogP contribution in [0.5, 0.6) is 0 Å². The number of nitrogens with zero attached hydrogens (tertiary/aromatic N) is 1. The normalized spacial score (nSPS) is 16.4. The third-order valence-corrected chi connectivity index (χ3v) is 4.21. The van der Waals surface area contributed by atoms with Crippen molar-refractivity contribution in [3.8, 4) is 0 Å². The highest BCUT2D eigenvalue weighted by molar-refractivity contribution is 5.95. The van der Waals surface area contributed by atoms with E-state index in [-0.39, 0.29) is 5.91 Å². The third kappa shape index (κ3) is 3.61. The number of ether oxygens (including phenoxy) is 1. The van der Waals surface area contributed by atoms with Crippen molar-refractivity contribution in [2.24, 2.45) is 7.05 Å². The van der Waals surface area contributed by atoms with Crippen molar-refractivity contribution in [3.05, 3.63) is 23.0 Å². The van der Waals surface area contributed by atoms with Gasteiger partial charge in [0.1, 0.15) is 13.1 Å². The van der Waals surface area contributed by atoms with E-state index in [0.717, 1.165) is 62.8 Å². The molecule has 1 aromatic heterocycles. The van der Waals surface area contributed by atoms with Crippen molar-refractivity contribution in [1.29, 1.82) is 0 Å². The summed E-state index contributed by atoms with van der Waals surface area (Å²) in [5.74, 6) is 0.0446. The molecule has 5 nitrogen and oxygen atoms in total. The quantitative estimate of drug-likeness (QED) is 0.726. The third-order valence-electron chi connectivity index (χ3n) is 4.21. The van der Waals surface area contributed by atoms with Gasteiger partial charge < -0.3 is 19.5 Å². The molecule has 1 aliphatic rings. The molecule has 0 bridgehead atoms. The van der Waals surface area contributed by atoms with Crippen LogP contribution in [0.4, 0.5) is 0 Å². The summed E-state index contributed by atoms with van der Waals surface area (Å²) in [6, 6.07) is 1.96. The minimum absolute atomic E-state index is 0.0446. The summed E-state index contributed by atoms with van der Waals surface area (Å²) in [6.45, 7) is 9.77. The van der Waals surface area contributed by atoms with Crippen LogP contribution >= 0.6 is 0 Å². The van der Waals surface area contributed by atoms with Crippen LogP contribution < -0.4 is 10.2 Å². The van der Waals surface area contributed by atoms with Gasteiger partial charge in [0.2, 0.25) is 0 Å². The molecular weight excluding hydrogens is 254 g/mol. The van der Waals surface area contributed by atoms with Gasteiger partial charge in [0.25, 0.3) is 5.91 Å². The second kappa shape index (κ2) is 6.90. The largest absolute Gasteiger partial charge is 0.370 e. The number of hydrogen-bond donors (Lipinski definition) is 2. The summed E-state index contributed by atoms with van der Waals surface area (Å²) in [7, 11) is 1.99. The summed E-state index contributed by atoms with van der Waals surface area (Å²) in [6.07, 6.45) is 1.02. The summed E-state index contributed by atoms with van der Waals surface area (Å²) in [5, 5.41) is 3.02. The number of amides is 1. The van der Waals surface area contributed by atoms with E-state index in [1.807, 2.05) is 31.5 Å². The summed E-state index contributed by atoms with van der Waals surface area (Å²) in [4.78, 5) is 13.7. The molecule has 0 aliphatic carbocycles. The molecule has 20 heavy (non-hydrogen) atoms. The van der Waals surface area contributed by atoms with Crippen LogP contribution in [0.15, 0.2) is 6.07 Å². The fourth-order valence-electron chi connectivity index (χ4n) is 2.63. The number of rotatable bonds is 5. The lowest BCUT2D eigenvalue weighted by molar-refractivity contribution is -0.908. The van der Waals surface area contributed by atoms with E-state index < -0.39 is 0 Å². The lowest BCUT2D eigenvalue weighted by Gasteiger charge is -2.23. The van der Waals surface area contributed by atoms with Gasteiger partial charge in [-0.25, -0.2) is 0 Å². The highest BCUT2D eigenvalue weighted by atomic mass is 16.5. The van der Waals surface area contributed by atoms with Crippen LogP contribution in [0, 0.1) is 13.8 Å². The molecular formula is C15H26N3O2+. The van der Waals surface area contributed by atoms with Crippen molar-refractivity contribution in [1.82, 2.24) is 9.88 Å². The Balaban J connectivity index is 1.73. The number of aryl methyl sites for hydroxylation is 1. The van der Waals surface area contributed by atoms with Crippen molar-refractivity contribution < 1.29 is 14.4 Å². The second-order valence-corrected chi connectivity index (χ2v) is 5.57. The molecule has 1 aliphatic heterocycles. The van der Waals surface area contributed by atoms with Gasteiger partial charge >= 0.3 is 0 Å². The first-order chi connectivity index (χ1) is 9.59. The van der Waals surface area contributed by atoms with Gasteiger partial charge in [-0.15, -0.1) is 0 Å². The number of nitrogens with one attached hydrogen (secondary N) is 2. The Morgan fingerprint density at radius 2 is 2.10 bits per heavy atom. The van der Waals surface area contributed by atoms with Crippen LogP contribution in [-0.2, 0) is 11.8 Å². The first-order valence-electron chi connectivity index (χ1n) is 7.42. The SMILES string of the molecule is Cc1cc(C(=O)NCCC[NH+]2CCOCC2)c(C)n1C. The van der Waals surface area contributed by atoms with Crippen LogP contribution in [0.3, 0.4) is 0 Å². The Bertz CT molecular complexity index is 462. The number of carbonyl (C=O) groups is 1. The lowest BCUT2D eigenvalue weighted by atomic mass is 10.2. The number of aromatic nitrogens is 1. The summed E-state index contributed by atoms with van der Waals surface area (Å²) < 4.78 is 7.38. The molecule has 1 aromatic rings. The monoisotopic (exact) mass is 280 g/mol. The molecule has 0 spiro atoms. The molecule has 1 amide bonds. The molecule has 2 heterocycles. The molecule has 112 valence electrons. The first kappa shape index (κ1) is 15.1. The number of carbonyl (C=O) groups excluding carboxylic acids is 1. The Hall–Kier alpha value is -1.33. The highest BCUT2D eigenvalue weighted by Crippen LogP contribution is 2.12. The maximum atomic E-state index is 12.1. The number of hydrogen-bond acceptors (Lipinski definition) is 2. The Morgan fingerprint density at radius 3 is 2.70 bits per heavy atom. The van der Waals surface area contributed by atoms with E-state index in [4.69, 9.17) is 4.74 Å². The van der Waals surface area contributed by atoms with Gasteiger partial charge in [-0.05, 0) is 19.9 Å². The fraction of sp³-hybridized carbons (Fsp3) is 0.667. The van der Waals surface area contributed by atoms with Crippen molar-refractivity contribution >= 4 is 5.91 Å². The maximum absolute atomic E-state index is 12.1. The fourth-order valence-corrected chi connectivity index (χ4v) is 2.63.